The number of hydrogen-bond donors (Lipinski definition) is 1. The van der Waals surface area contributed by atoms with Crippen molar-refractivity contribution in [2.24, 2.45) is 0 Å². The molecule has 5 rings (SSSR count). The molecule has 2 heterocycles. The van der Waals surface area contributed by atoms with Crippen LogP contribution in [0.2, 0.25) is 0 Å². The smallest absolute Gasteiger partial charge is 0.408 e. The fourth-order valence-electron chi connectivity index (χ4n) is 5.01. The summed E-state index contributed by atoms with van der Waals surface area (Å²) in [6, 6.07) is 18.6. The summed E-state index contributed by atoms with van der Waals surface area (Å²) in [5, 5.41) is 7.58. The van der Waals surface area contributed by atoms with Crippen LogP contribution in [0.4, 0.5) is 4.79 Å². The van der Waals surface area contributed by atoms with Gasteiger partial charge in [-0.05, 0) is 51.7 Å². The van der Waals surface area contributed by atoms with Crippen molar-refractivity contribution in [3.63, 3.8) is 0 Å². The van der Waals surface area contributed by atoms with Crippen molar-refractivity contribution < 1.29 is 28.6 Å². The molecule has 2 aromatic carbocycles. The van der Waals surface area contributed by atoms with E-state index >= 15 is 0 Å². The summed E-state index contributed by atoms with van der Waals surface area (Å²) in [6.07, 6.45) is 2.15. The number of benzene rings is 2. The maximum absolute atomic E-state index is 12.8. The van der Waals surface area contributed by atoms with Crippen LogP contribution >= 0.6 is 0 Å². The SMILES string of the molecule is COC(=O)c1cc(C(=O)OC)c2nc(-c3ccc(C4(NC(=O)OC(C)(C)C)CCC4)cc3)c(-c3ccccc3)n2n1. The number of methoxy groups -OCH3 is 2. The lowest BCUT2D eigenvalue weighted by molar-refractivity contribution is 0.0376. The maximum atomic E-state index is 12.8. The minimum Gasteiger partial charge on any atom is -0.465 e. The van der Waals surface area contributed by atoms with E-state index in [9.17, 15) is 14.4 Å². The summed E-state index contributed by atoms with van der Waals surface area (Å²) in [4.78, 5) is 42.6. The molecule has 1 aliphatic carbocycles. The Morgan fingerprint density at radius 2 is 1.56 bits per heavy atom. The predicted molar refractivity (Wildman–Crippen MR) is 151 cm³/mol. The summed E-state index contributed by atoms with van der Waals surface area (Å²) in [7, 11) is 2.51. The quantitative estimate of drug-likeness (QED) is 0.243. The molecule has 1 N–H and O–H groups in total. The molecule has 1 fully saturated rings. The molecule has 4 aromatic rings. The van der Waals surface area contributed by atoms with Crippen LogP contribution in [-0.2, 0) is 19.7 Å². The first-order valence-corrected chi connectivity index (χ1v) is 13.3. The first-order chi connectivity index (χ1) is 19.5. The van der Waals surface area contributed by atoms with Crippen LogP contribution in [0.25, 0.3) is 28.2 Å². The number of fused-ring (bicyclic) bond motifs is 1. The van der Waals surface area contributed by atoms with Crippen LogP contribution in [0.15, 0.2) is 60.7 Å². The summed E-state index contributed by atoms with van der Waals surface area (Å²) in [5.41, 5.74) is 2.83. The van der Waals surface area contributed by atoms with Gasteiger partial charge in [0.25, 0.3) is 0 Å². The molecule has 0 spiro atoms. The summed E-state index contributed by atoms with van der Waals surface area (Å²) >= 11 is 0. The van der Waals surface area contributed by atoms with Gasteiger partial charge in [0.05, 0.1) is 25.5 Å². The highest BCUT2D eigenvalue weighted by Gasteiger charge is 2.41. The third kappa shape index (κ3) is 5.37. The van der Waals surface area contributed by atoms with E-state index in [0.29, 0.717) is 11.4 Å². The second kappa shape index (κ2) is 10.7. The zero-order valence-electron chi connectivity index (χ0n) is 23.7. The van der Waals surface area contributed by atoms with Crippen molar-refractivity contribution in [1.82, 2.24) is 19.9 Å². The summed E-state index contributed by atoms with van der Waals surface area (Å²) in [5.74, 6) is -1.35. The number of esters is 2. The number of aromatic nitrogens is 3. The van der Waals surface area contributed by atoms with E-state index in [1.807, 2.05) is 75.4 Å². The Hall–Kier alpha value is -4.73. The highest BCUT2D eigenvalue weighted by Crippen LogP contribution is 2.42. The van der Waals surface area contributed by atoms with Crippen LogP contribution < -0.4 is 5.32 Å². The van der Waals surface area contributed by atoms with Crippen LogP contribution in [0.3, 0.4) is 0 Å². The Kier molecular flexibility index (Phi) is 7.25. The van der Waals surface area contributed by atoms with Gasteiger partial charge in [-0.1, -0.05) is 54.6 Å². The van der Waals surface area contributed by atoms with Gasteiger partial charge in [-0.2, -0.15) is 5.10 Å². The first kappa shape index (κ1) is 27.8. The van der Waals surface area contributed by atoms with Gasteiger partial charge in [-0.15, -0.1) is 0 Å². The molecule has 10 heteroatoms. The highest BCUT2D eigenvalue weighted by atomic mass is 16.6. The number of carbonyl (C=O) groups excluding carboxylic acids is 3. The van der Waals surface area contributed by atoms with E-state index in [1.165, 1.54) is 24.8 Å². The molecule has 1 aliphatic rings. The van der Waals surface area contributed by atoms with Gasteiger partial charge in [0, 0.05) is 11.1 Å². The molecule has 0 unspecified atom stereocenters. The van der Waals surface area contributed by atoms with Gasteiger partial charge >= 0.3 is 18.0 Å². The standard InChI is InChI=1S/C31H32N4O6/c1-30(2,3)41-29(38)33-31(16-9-17-31)21-14-12-19(13-15-21)24-25(20-10-7-6-8-11-20)35-26(32-24)22(27(36)39-4)18-23(34-35)28(37)40-5/h6-8,10-15,18H,9,16-17H2,1-5H3,(H,33,38). The molecule has 2 aromatic heterocycles. The third-order valence-corrected chi connectivity index (χ3v) is 7.09. The molecular weight excluding hydrogens is 524 g/mol. The maximum Gasteiger partial charge on any atom is 0.408 e. The minimum atomic E-state index is -0.695. The Morgan fingerprint density at radius 3 is 2.12 bits per heavy atom. The number of nitrogens with zero attached hydrogens (tertiary/aromatic N) is 3. The fourth-order valence-corrected chi connectivity index (χ4v) is 5.01. The van der Waals surface area contributed by atoms with Crippen molar-refractivity contribution in [3.8, 4) is 22.5 Å². The van der Waals surface area contributed by atoms with E-state index in [2.05, 4.69) is 10.4 Å². The van der Waals surface area contributed by atoms with Crippen molar-refractivity contribution in [3.05, 3.63) is 77.5 Å². The fraction of sp³-hybridized carbons (Fsp3) is 0.323. The van der Waals surface area contributed by atoms with Crippen molar-refractivity contribution in [2.45, 2.75) is 51.2 Å². The topological polar surface area (TPSA) is 121 Å². The monoisotopic (exact) mass is 556 g/mol. The third-order valence-electron chi connectivity index (χ3n) is 7.09. The van der Waals surface area contributed by atoms with Gasteiger partial charge in [-0.3, -0.25) is 0 Å². The number of ether oxygens (including phenoxy) is 3. The van der Waals surface area contributed by atoms with Gasteiger partial charge in [-0.25, -0.2) is 23.9 Å². The van der Waals surface area contributed by atoms with Crippen molar-refractivity contribution in [2.75, 3.05) is 14.2 Å². The van der Waals surface area contributed by atoms with Gasteiger partial charge in [0.15, 0.2) is 11.3 Å². The van der Waals surface area contributed by atoms with Crippen LogP contribution in [0, 0.1) is 0 Å². The largest absolute Gasteiger partial charge is 0.465 e. The van der Waals surface area contributed by atoms with Gasteiger partial charge in [0.2, 0.25) is 0 Å². The molecule has 0 aliphatic heterocycles. The Balaban J connectivity index is 1.63. The Bertz CT molecular complexity index is 1620. The van der Waals surface area contributed by atoms with Crippen molar-refractivity contribution >= 4 is 23.7 Å². The molecule has 41 heavy (non-hydrogen) atoms. The number of alkyl carbamates (subject to hydrolysis) is 1. The van der Waals surface area contributed by atoms with Crippen molar-refractivity contribution in [1.29, 1.82) is 0 Å². The van der Waals surface area contributed by atoms with Gasteiger partial charge in [0.1, 0.15) is 16.9 Å². The minimum absolute atomic E-state index is 0.0583. The zero-order chi connectivity index (χ0) is 29.4. The Morgan fingerprint density at radius 1 is 0.902 bits per heavy atom. The lowest BCUT2D eigenvalue weighted by Crippen LogP contribution is -2.52. The molecule has 0 saturated heterocycles. The van der Waals surface area contributed by atoms with E-state index in [4.69, 9.17) is 19.2 Å². The second-order valence-corrected chi connectivity index (χ2v) is 11.0. The average Bonchev–Trinajstić information content (AvgIpc) is 3.32. The predicted octanol–water partition coefficient (Wildman–Crippen LogP) is 5.54. The normalized spacial score (nSPS) is 14.2. The molecule has 0 bridgehead atoms. The second-order valence-electron chi connectivity index (χ2n) is 11.0. The summed E-state index contributed by atoms with van der Waals surface area (Å²) < 4.78 is 16.9. The zero-order valence-corrected chi connectivity index (χ0v) is 23.7. The molecular formula is C31H32N4O6. The molecule has 10 nitrogen and oxygen atoms in total. The van der Waals surface area contributed by atoms with Crippen LogP contribution in [-0.4, -0.2) is 52.5 Å². The Labute approximate surface area is 237 Å². The number of hydrogen-bond acceptors (Lipinski definition) is 8. The lowest BCUT2D eigenvalue weighted by atomic mass is 9.71. The summed E-state index contributed by atoms with van der Waals surface area (Å²) in [6.45, 7) is 5.51. The molecule has 1 saturated carbocycles. The average molecular weight is 557 g/mol. The molecule has 1 amide bonds. The van der Waals surface area contributed by atoms with E-state index < -0.39 is 29.2 Å². The van der Waals surface area contributed by atoms with Gasteiger partial charge < -0.3 is 19.5 Å². The number of imidazole rings is 1. The van der Waals surface area contributed by atoms with E-state index in [1.54, 1.807) is 0 Å². The number of nitrogens with one attached hydrogen (secondary N) is 1. The number of carbonyl (C=O) groups is 3. The number of amides is 1. The van der Waals surface area contributed by atoms with Crippen LogP contribution in [0.1, 0.15) is 66.4 Å². The highest BCUT2D eigenvalue weighted by molar-refractivity contribution is 6.00. The number of rotatable bonds is 6. The molecule has 0 radical (unpaired) electrons. The first-order valence-electron chi connectivity index (χ1n) is 13.3. The lowest BCUT2D eigenvalue weighted by Gasteiger charge is -2.43. The van der Waals surface area contributed by atoms with Crippen LogP contribution in [0.5, 0.6) is 0 Å². The van der Waals surface area contributed by atoms with E-state index in [0.717, 1.165) is 36.0 Å². The molecule has 0 atom stereocenters. The molecule has 212 valence electrons. The van der Waals surface area contributed by atoms with E-state index in [-0.39, 0.29) is 16.9 Å².